The lowest BCUT2D eigenvalue weighted by Gasteiger charge is -2.42. The standard InChI is InChI=1S/C26H33N7O/c1-17-12-20-13-27-26(28-23-15-32(4)30-18(23)2)29-24(20)16-33(17)25(34)21-10-11-31(3)14-22(21)19-8-6-5-7-9-19/h5-9,13,15,17,21-22H,10-12,14,16H2,1-4H3,(H,27,28,29)/t17-,21+,22-/m1/s1. The van der Waals surface area contributed by atoms with Crippen molar-refractivity contribution in [2.75, 3.05) is 25.5 Å². The fourth-order valence-electron chi connectivity index (χ4n) is 5.35. The molecule has 0 bridgehead atoms. The normalized spacial score (nSPS) is 22.9. The van der Waals surface area contributed by atoms with Crippen molar-refractivity contribution in [3.8, 4) is 0 Å². The van der Waals surface area contributed by atoms with E-state index in [9.17, 15) is 4.79 Å². The van der Waals surface area contributed by atoms with Crippen molar-refractivity contribution in [2.45, 2.75) is 45.2 Å². The minimum atomic E-state index is -0.0138. The van der Waals surface area contributed by atoms with Crippen LogP contribution in [0.1, 0.15) is 41.8 Å². The number of hydrogen-bond acceptors (Lipinski definition) is 6. The maximum atomic E-state index is 13.9. The number of nitrogens with one attached hydrogen (secondary N) is 1. The first-order chi connectivity index (χ1) is 16.4. The number of anilines is 2. The Morgan fingerprint density at radius 2 is 1.97 bits per heavy atom. The molecule has 0 radical (unpaired) electrons. The molecule has 8 heteroatoms. The second-order valence-corrected chi connectivity index (χ2v) is 9.79. The van der Waals surface area contributed by atoms with Crippen LogP contribution in [-0.2, 0) is 24.8 Å². The van der Waals surface area contributed by atoms with Gasteiger partial charge in [-0.2, -0.15) is 5.10 Å². The van der Waals surface area contributed by atoms with Gasteiger partial charge in [0.05, 0.1) is 23.6 Å². The highest BCUT2D eigenvalue weighted by Crippen LogP contribution is 2.35. The fraction of sp³-hybridized carbons (Fsp3) is 0.462. The Kier molecular flexibility index (Phi) is 6.08. The molecular weight excluding hydrogens is 426 g/mol. The van der Waals surface area contributed by atoms with Crippen LogP contribution in [0.2, 0.25) is 0 Å². The summed E-state index contributed by atoms with van der Waals surface area (Å²) in [6, 6.07) is 10.6. The molecule has 1 saturated heterocycles. The predicted octanol–water partition coefficient (Wildman–Crippen LogP) is 3.27. The quantitative estimate of drug-likeness (QED) is 0.645. The average molecular weight is 460 g/mol. The number of benzene rings is 1. The van der Waals surface area contributed by atoms with E-state index in [0.29, 0.717) is 12.5 Å². The van der Waals surface area contributed by atoms with E-state index in [1.54, 1.807) is 4.68 Å². The van der Waals surface area contributed by atoms with E-state index < -0.39 is 0 Å². The number of hydrogen-bond donors (Lipinski definition) is 1. The van der Waals surface area contributed by atoms with Crippen molar-refractivity contribution in [1.29, 1.82) is 0 Å². The Labute approximate surface area is 201 Å². The van der Waals surface area contributed by atoms with Gasteiger partial charge in [0.25, 0.3) is 0 Å². The lowest BCUT2D eigenvalue weighted by Crippen LogP contribution is -2.50. The number of carbonyl (C=O) groups is 1. The monoisotopic (exact) mass is 459 g/mol. The summed E-state index contributed by atoms with van der Waals surface area (Å²) in [6.07, 6.45) is 5.47. The first-order valence-corrected chi connectivity index (χ1v) is 12.0. The lowest BCUT2D eigenvalue weighted by molar-refractivity contribution is -0.141. The van der Waals surface area contributed by atoms with Crippen LogP contribution in [0.25, 0.3) is 0 Å². The summed E-state index contributed by atoms with van der Waals surface area (Å²) < 4.78 is 1.77. The summed E-state index contributed by atoms with van der Waals surface area (Å²) in [6.45, 7) is 6.46. The van der Waals surface area contributed by atoms with Gasteiger partial charge in [-0.15, -0.1) is 0 Å². The third kappa shape index (κ3) is 4.42. The van der Waals surface area contributed by atoms with E-state index in [1.807, 2.05) is 37.3 Å². The number of rotatable bonds is 4. The topological polar surface area (TPSA) is 79.2 Å². The Hall–Kier alpha value is -3.26. The van der Waals surface area contributed by atoms with Gasteiger partial charge < -0.3 is 15.1 Å². The van der Waals surface area contributed by atoms with Crippen molar-refractivity contribution in [3.63, 3.8) is 0 Å². The van der Waals surface area contributed by atoms with E-state index in [-0.39, 0.29) is 23.8 Å². The Bertz CT molecular complexity index is 1180. The van der Waals surface area contributed by atoms with Crippen molar-refractivity contribution < 1.29 is 4.79 Å². The zero-order valence-corrected chi connectivity index (χ0v) is 20.4. The number of aryl methyl sites for hydroxylation is 2. The number of likely N-dealkylation sites (N-methyl/N-ethyl adjacent to an activating group) is 1. The van der Waals surface area contributed by atoms with Gasteiger partial charge in [-0.3, -0.25) is 9.48 Å². The molecule has 178 valence electrons. The highest BCUT2D eigenvalue weighted by molar-refractivity contribution is 5.81. The molecule has 3 aromatic rings. The van der Waals surface area contributed by atoms with Gasteiger partial charge >= 0.3 is 0 Å². The first kappa shape index (κ1) is 22.5. The van der Waals surface area contributed by atoms with Crippen LogP contribution in [0, 0.1) is 12.8 Å². The summed E-state index contributed by atoms with van der Waals surface area (Å²) in [5, 5.41) is 7.65. The molecule has 3 atom stereocenters. The zero-order valence-electron chi connectivity index (χ0n) is 20.4. The number of aromatic nitrogens is 4. The van der Waals surface area contributed by atoms with Gasteiger partial charge in [0.15, 0.2) is 0 Å². The molecule has 4 heterocycles. The van der Waals surface area contributed by atoms with Gasteiger partial charge in [-0.05, 0) is 51.4 Å². The summed E-state index contributed by atoms with van der Waals surface area (Å²) in [5.74, 6) is 0.979. The third-order valence-corrected chi connectivity index (χ3v) is 7.23. The zero-order chi connectivity index (χ0) is 23.8. The highest BCUT2D eigenvalue weighted by atomic mass is 16.2. The molecule has 34 heavy (non-hydrogen) atoms. The smallest absolute Gasteiger partial charge is 0.227 e. The minimum absolute atomic E-state index is 0.0138. The lowest BCUT2D eigenvalue weighted by atomic mass is 9.79. The molecule has 1 N–H and O–H groups in total. The Morgan fingerprint density at radius 1 is 1.18 bits per heavy atom. The van der Waals surface area contributed by atoms with E-state index in [0.717, 1.165) is 48.6 Å². The predicted molar refractivity (Wildman–Crippen MR) is 132 cm³/mol. The Morgan fingerprint density at radius 3 is 2.71 bits per heavy atom. The molecule has 1 aromatic carbocycles. The summed E-state index contributed by atoms with van der Waals surface area (Å²) >= 11 is 0. The molecule has 2 aliphatic rings. The first-order valence-electron chi connectivity index (χ1n) is 12.0. The largest absolute Gasteiger partial charge is 0.333 e. The molecule has 2 aromatic heterocycles. The molecule has 0 spiro atoms. The van der Waals surface area contributed by atoms with Gasteiger partial charge in [0.1, 0.15) is 0 Å². The van der Waals surface area contributed by atoms with Crippen LogP contribution in [-0.4, -0.2) is 61.6 Å². The molecular formula is C26H33N7O. The fourth-order valence-corrected chi connectivity index (χ4v) is 5.35. The number of fused-ring (bicyclic) bond motifs is 1. The van der Waals surface area contributed by atoms with Crippen molar-refractivity contribution in [2.24, 2.45) is 13.0 Å². The van der Waals surface area contributed by atoms with E-state index in [4.69, 9.17) is 4.98 Å². The van der Waals surface area contributed by atoms with Gasteiger partial charge in [0, 0.05) is 43.9 Å². The van der Waals surface area contributed by atoms with Crippen LogP contribution in [0.15, 0.2) is 42.7 Å². The van der Waals surface area contributed by atoms with Gasteiger partial charge in [-0.1, -0.05) is 30.3 Å². The molecule has 0 aliphatic carbocycles. The van der Waals surface area contributed by atoms with Crippen LogP contribution in [0.4, 0.5) is 11.6 Å². The average Bonchev–Trinajstić information content (AvgIpc) is 3.15. The molecule has 5 rings (SSSR count). The van der Waals surface area contributed by atoms with Crippen LogP contribution in [0.3, 0.4) is 0 Å². The maximum Gasteiger partial charge on any atom is 0.227 e. The summed E-state index contributed by atoms with van der Waals surface area (Å²) in [4.78, 5) is 27.6. The van der Waals surface area contributed by atoms with Crippen LogP contribution in [0.5, 0.6) is 0 Å². The van der Waals surface area contributed by atoms with Crippen LogP contribution >= 0.6 is 0 Å². The van der Waals surface area contributed by atoms with Gasteiger partial charge in [0.2, 0.25) is 11.9 Å². The van der Waals surface area contributed by atoms with Crippen molar-refractivity contribution >= 4 is 17.5 Å². The molecule has 0 unspecified atom stereocenters. The molecule has 2 aliphatic heterocycles. The molecule has 1 fully saturated rings. The van der Waals surface area contributed by atoms with E-state index >= 15 is 0 Å². The molecule has 0 saturated carbocycles. The summed E-state index contributed by atoms with van der Waals surface area (Å²) in [7, 11) is 4.04. The highest BCUT2D eigenvalue weighted by Gasteiger charge is 2.39. The van der Waals surface area contributed by atoms with Gasteiger partial charge in [-0.25, -0.2) is 9.97 Å². The van der Waals surface area contributed by atoms with E-state index in [1.165, 1.54) is 5.56 Å². The molecule has 8 nitrogen and oxygen atoms in total. The Balaban J connectivity index is 1.38. The number of amides is 1. The third-order valence-electron chi connectivity index (χ3n) is 7.23. The van der Waals surface area contributed by atoms with E-state index in [2.05, 4.69) is 58.5 Å². The minimum Gasteiger partial charge on any atom is -0.333 e. The molecule has 1 amide bonds. The number of likely N-dealkylation sites (tertiary alicyclic amines) is 1. The van der Waals surface area contributed by atoms with Crippen LogP contribution < -0.4 is 5.32 Å². The maximum absolute atomic E-state index is 13.9. The number of carbonyl (C=O) groups excluding carboxylic acids is 1. The summed E-state index contributed by atoms with van der Waals surface area (Å²) in [5.41, 5.74) is 5.07. The number of nitrogens with zero attached hydrogens (tertiary/aromatic N) is 6. The second-order valence-electron chi connectivity index (χ2n) is 9.79. The van der Waals surface area contributed by atoms with Crippen molar-refractivity contribution in [3.05, 3.63) is 65.2 Å². The second kappa shape index (κ2) is 9.18. The SMILES string of the molecule is Cc1nn(C)cc1Nc1ncc2c(n1)CN(C(=O)[C@H]1CCN(C)C[C@@H]1c1ccccc1)[C@H](C)C2. The number of piperidine rings is 1. The van der Waals surface area contributed by atoms with Crippen molar-refractivity contribution in [1.82, 2.24) is 29.5 Å².